The van der Waals surface area contributed by atoms with Crippen LogP contribution in [0.25, 0.3) is 10.9 Å². The molecule has 206 valence electrons. The summed E-state index contributed by atoms with van der Waals surface area (Å²) in [6.45, 7) is 1.53. The summed E-state index contributed by atoms with van der Waals surface area (Å²) >= 11 is 0. The molecule has 0 spiro atoms. The number of halogens is 1. The molecule has 10 heteroatoms. The molecule has 3 heterocycles. The number of nitrogens with zero attached hydrogens (tertiary/aromatic N) is 4. The quantitative estimate of drug-likeness (QED) is 0.197. The summed E-state index contributed by atoms with van der Waals surface area (Å²) in [5, 5.41) is 7.13. The van der Waals surface area contributed by atoms with Gasteiger partial charge >= 0.3 is 0 Å². The predicted molar refractivity (Wildman–Crippen MR) is 153 cm³/mol. The smallest absolute Gasteiger partial charge is 0.167 e. The highest BCUT2D eigenvalue weighted by Gasteiger charge is 2.20. The van der Waals surface area contributed by atoms with Crippen LogP contribution in [-0.2, 0) is 11.4 Å². The molecule has 4 aromatic rings. The van der Waals surface area contributed by atoms with E-state index in [-0.39, 0.29) is 18.4 Å². The molecule has 1 aliphatic heterocycles. The van der Waals surface area contributed by atoms with Gasteiger partial charge in [-0.05, 0) is 62.8 Å². The SMILES string of the molecule is COc1c(NC/C(C=O)=C/[C@H]2CCCN2C)ccc2ncnc(Nc3ccc(OCc4ccccn4)c(F)c3)c12. The topological polar surface area (TPSA) is 102 Å². The minimum atomic E-state index is -0.519. The molecule has 2 aromatic heterocycles. The van der Waals surface area contributed by atoms with Crippen LogP contribution in [0.3, 0.4) is 0 Å². The van der Waals surface area contributed by atoms with Gasteiger partial charge < -0.3 is 20.1 Å². The van der Waals surface area contributed by atoms with E-state index in [2.05, 4.69) is 37.5 Å². The molecule has 2 aromatic carbocycles. The van der Waals surface area contributed by atoms with Crippen LogP contribution in [0.2, 0.25) is 0 Å². The van der Waals surface area contributed by atoms with Gasteiger partial charge in [0.15, 0.2) is 17.3 Å². The molecule has 5 rings (SSSR count). The number of hydrogen-bond donors (Lipinski definition) is 2. The molecule has 0 amide bonds. The standard InChI is InChI=1S/C30H31FN6O3/c1-37-13-5-7-23(37)14-20(17-38)16-33-26-10-9-25-28(29(26)39-2)30(35-19-34-25)36-21-8-11-27(24(31)15-21)40-18-22-6-3-4-12-32-22/h3-4,6,8-12,14-15,17,19,23,33H,5,7,13,16,18H2,1-2H3,(H,34,35,36)/b20-14-/t23-/m1/s1. The van der Waals surface area contributed by atoms with Crippen LogP contribution < -0.4 is 20.1 Å². The minimum absolute atomic E-state index is 0.121. The molecule has 40 heavy (non-hydrogen) atoms. The van der Waals surface area contributed by atoms with Gasteiger partial charge in [0.05, 0.1) is 29.4 Å². The van der Waals surface area contributed by atoms with Crippen molar-refractivity contribution in [2.75, 3.05) is 37.9 Å². The summed E-state index contributed by atoms with van der Waals surface area (Å²) in [5.74, 6) is 0.566. The number of carbonyl (C=O) groups excluding carboxylic acids is 1. The second-order valence-electron chi connectivity index (χ2n) is 9.55. The number of aromatic nitrogens is 3. The average Bonchev–Trinajstić information content (AvgIpc) is 3.39. The van der Waals surface area contributed by atoms with Gasteiger partial charge in [-0.15, -0.1) is 0 Å². The first-order valence-electron chi connectivity index (χ1n) is 13.1. The molecule has 1 fully saturated rings. The normalized spacial score (nSPS) is 15.7. The summed E-state index contributed by atoms with van der Waals surface area (Å²) in [7, 11) is 3.63. The molecular formula is C30H31FN6O3. The lowest BCUT2D eigenvalue weighted by atomic mass is 10.1. The number of pyridine rings is 1. The molecule has 1 aliphatic rings. The maximum absolute atomic E-state index is 14.9. The molecule has 2 N–H and O–H groups in total. The third kappa shape index (κ3) is 6.18. The van der Waals surface area contributed by atoms with Crippen molar-refractivity contribution in [3.05, 3.63) is 84.2 Å². The van der Waals surface area contributed by atoms with Crippen LogP contribution in [0.15, 0.2) is 72.7 Å². The number of likely N-dealkylation sites (N-methyl/N-ethyl adjacent to an activating group) is 1. The monoisotopic (exact) mass is 542 g/mol. The molecule has 9 nitrogen and oxygen atoms in total. The Morgan fingerprint density at radius 3 is 2.80 bits per heavy atom. The molecular weight excluding hydrogens is 511 g/mol. The first-order valence-corrected chi connectivity index (χ1v) is 13.1. The Labute approximate surface area is 232 Å². The largest absolute Gasteiger partial charge is 0.494 e. The number of anilines is 3. The van der Waals surface area contributed by atoms with Crippen LogP contribution in [0.4, 0.5) is 21.6 Å². The van der Waals surface area contributed by atoms with Crippen molar-refractivity contribution in [1.29, 1.82) is 0 Å². The first-order chi connectivity index (χ1) is 19.6. The zero-order valence-corrected chi connectivity index (χ0v) is 22.4. The van der Waals surface area contributed by atoms with E-state index in [9.17, 15) is 9.18 Å². The van der Waals surface area contributed by atoms with E-state index in [0.29, 0.717) is 51.7 Å². The fourth-order valence-electron chi connectivity index (χ4n) is 4.77. The number of carbonyl (C=O) groups is 1. The minimum Gasteiger partial charge on any atom is -0.494 e. The van der Waals surface area contributed by atoms with Gasteiger partial charge in [-0.1, -0.05) is 12.1 Å². The number of methoxy groups -OCH3 is 1. The lowest BCUT2D eigenvalue weighted by Crippen LogP contribution is -2.24. The highest BCUT2D eigenvalue weighted by atomic mass is 19.1. The van der Waals surface area contributed by atoms with Crippen LogP contribution in [0, 0.1) is 5.82 Å². The van der Waals surface area contributed by atoms with E-state index in [1.165, 1.54) is 12.4 Å². The van der Waals surface area contributed by atoms with E-state index in [4.69, 9.17) is 9.47 Å². The Morgan fingerprint density at radius 1 is 1.18 bits per heavy atom. The summed E-state index contributed by atoms with van der Waals surface area (Å²) in [6.07, 6.45) is 8.17. The van der Waals surface area contributed by atoms with E-state index >= 15 is 0 Å². The van der Waals surface area contributed by atoms with Crippen molar-refractivity contribution in [2.24, 2.45) is 0 Å². The second-order valence-corrected chi connectivity index (χ2v) is 9.55. The molecule has 0 aliphatic carbocycles. The van der Waals surface area contributed by atoms with Crippen molar-refractivity contribution >= 4 is 34.4 Å². The van der Waals surface area contributed by atoms with Crippen LogP contribution >= 0.6 is 0 Å². The van der Waals surface area contributed by atoms with Gasteiger partial charge in [0.1, 0.15) is 25.0 Å². The number of rotatable bonds is 11. The first kappa shape index (κ1) is 27.0. The molecule has 1 saturated heterocycles. The molecule has 1 atom stereocenters. The summed E-state index contributed by atoms with van der Waals surface area (Å²) in [6, 6.07) is 14.0. The van der Waals surface area contributed by atoms with Crippen molar-refractivity contribution in [3.8, 4) is 11.5 Å². The number of aldehydes is 1. The number of fused-ring (bicyclic) bond motifs is 1. The third-order valence-corrected chi connectivity index (χ3v) is 6.87. The fraction of sp³-hybridized carbons (Fsp3) is 0.267. The van der Waals surface area contributed by atoms with Gasteiger partial charge in [-0.3, -0.25) is 14.7 Å². The van der Waals surface area contributed by atoms with E-state index in [1.807, 2.05) is 36.4 Å². The number of benzene rings is 2. The Balaban J connectivity index is 1.36. The van der Waals surface area contributed by atoms with E-state index in [0.717, 1.165) is 25.7 Å². The molecule has 0 unspecified atom stereocenters. The Hall–Kier alpha value is -4.57. The van der Waals surface area contributed by atoms with Crippen molar-refractivity contribution in [3.63, 3.8) is 0 Å². The van der Waals surface area contributed by atoms with Gasteiger partial charge in [0, 0.05) is 36.1 Å². The second kappa shape index (κ2) is 12.5. The maximum atomic E-state index is 14.9. The zero-order chi connectivity index (χ0) is 27.9. The van der Waals surface area contributed by atoms with Crippen molar-refractivity contribution in [1.82, 2.24) is 19.9 Å². The zero-order valence-electron chi connectivity index (χ0n) is 22.4. The summed E-state index contributed by atoms with van der Waals surface area (Å²) < 4.78 is 26.2. The lowest BCUT2D eigenvalue weighted by Gasteiger charge is -2.18. The highest BCUT2D eigenvalue weighted by molar-refractivity contribution is 5.99. The van der Waals surface area contributed by atoms with Crippen LogP contribution in [0.5, 0.6) is 11.5 Å². The lowest BCUT2D eigenvalue weighted by molar-refractivity contribution is -0.104. The fourth-order valence-corrected chi connectivity index (χ4v) is 4.77. The summed E-state index contributed by atoms with van der Waals surface area (Å²) in [5.41, 5.74) is 3.19. The average molecular weight is 543 g/mol. The number of hydrogen-bond acceptors (Lipinski definition) is 9. The maximum Gasteiger partial charge on any atom is 0.167 e. The van der Waals surface area contributed by atoms with Gasteiger partial charge in [0.25, 0.3) is 0 Å². The Morgan fingerprint density at radius 2 is 2.08 bits per heavy atom. The molecule has 0 radical (unpaired) electrons. The number of nitrogens with one attached hydrogen (secondary N) is 2. The van der Waals surface area contributed by atoms with Gasteiger partial charge in [0.2, 0.25) is 0 Å². The summed E-state index contributed by atoms with van der Waals surface area (Å²) in [4.78, 5) is 27.0. The number of ether oxygens (including phenoxy) is 2. The van der Waals surface area contributed by atoms with Gasteiger partial charge in [-0.25, -0.2) is 14.4 Å². The van der Waals surface area contributed by atoms with Gasteiger partial charge in [-0.2, -0.15) is 0 Å². The third-order valence-electron chi connectivity index (χ3n) is 6.87. The van der Waals surface area contributed by atoms with Crippen molar-refractivity contribution < 1.29 is 18.7 Å². The highest BCUT2D eigenvalue weighted by Crippen LogP contribution is 2.38. The number of likely N-dealkylation sites (tertiary alicyclic amines) is 1. The Kier molecular flexibility index (Phi) is 8.46. The van der Waals surface area contributed by atoms with E-state index in [1.54, 1.807) is 25.4 Å². The Bertz CT molecular complexity index is 1510. The van der Waals surface area contributed by atoms with E-state index < -0.39 is 5.82 Å². The molecule has 0 saturated carbocycles. The predicted octanol–water partition coefficient (Wildman–Crippen LogP) is 5.13. The molecule has 0 bridgehead atoms. The van der Waals surface area contributed by atoms with Crippen LogP contribution in [0.1, 0.15) is 18.5 Å². The van der Waals surface area contributed by atoms with Crippen molar-refractivity contribution in [2.45, 2.75) is 25.5 Å². The van der Waals surface area contributed by atoms with Crippen LogP contribution in [-0.4, -0.2) is 59.4 Å².